The summed E-state index contributed by atoms with van der Waals surface area (Å²) in [5.41, 5.74) is 2.62. The number of aromatic amines is 1. The maximum atomic E-state index is 10.9. The molecule has 0 aliphatic rings. The Kier molecular flexibility index (Phi) is 3.33. The molecule has 0 saturated heterocycles. The molecular formula is C9H8BrN5O2. The molecule has 0 amide bonds. The maximum absolute atomic E-state index is 10.9. The molecule has 0 atom stereocenters. The van der Waals surface area contributed by atoms with E-state index >= 15 is 0 Å². The normalized spacial score (nSPS) is 10.9. The van der Waals surface area contributed by atoms with E-state index in [4.69, 9.17) is 4.42 Å². The topological polar surface area (TPSA) is 96.2 Å². The largest absolute Gasteiger partial charge is 0.448 e. The lowest BCUT2D eigenvalue weighted by Gasteiger charge is -1.99. The van der Waals surface area contributed by atoms with E-state index in [0.717, 1.165) is 0 Å². The number of aryl methyl sites for hydroxylation is 1. The van der Waals surface area contributed by atoms with Crippen LogP contribution in [0.4, 0.5) is 5.82 Å². The molecule has 17 heavy (non-hydrogen) atoms. The third-order valence-electron chi connectivity index (χ3n) is 1.83. The third-order valence-corrected chi connectivity index (χ3v) is 2.26. The first kappa shape index (κ1) is 11.5. The van der Waals surface area contributed by atoms with Gasteiger partial charge in [-0.25, -0.2) is 9.89 Å². The van der Waals surface area contributed by atoms with Gasteiger partial charge < -0.3 is 4.42 Å². The highest BCUT2D eigenvalue weighted by Gasteiger charge is 2.00. The average molecular weight is 298 g/mol. The van der Waals surface area contributed by atoms with Crippen LogP contribution in [-0.2, 0) is 0 Å². The van der Waals surface area contributed by atoms with E-state index in [-0.39, 0.29) is 0 Å². The summed E-state index contributed by atoms with van der Waals surface area (Å²) in [7, 11) is 0. The molecule has 2 N–H and O–H groups in total. The van der Waals surface area contributed by atoms with Gasteiger partial charge in [-0.15, -0.1) is 0 Å². The van der Waals surface area contributed by atoms with E-state index in [1.54, 1.807) is 19.1 Å². The highest BCUT2D eigenvalue weighted by molar-refractivity contribution is 9.10. The van der Waals surface area contributed by atoms with Gasteiger partial charge in [0.15, 0.2) is 10.5 Å². The molecule has 0 spiro atoms. The number of furan rings is 1. The summed E-state index contributed by atoms with van der Waals surface area (Å²) >= 11 is 3.17. The molecule has 2 rings (SSSR count). The van der Waals surface area contributed by atoms with E-state index in [1.165, 1.54) is 6.21 Å². The first-order chi connectivity index (χ1) is 8.15. The van der Waals surface area contributed by atoms with Crippen LogP contribution in [0.5, 0.6) is 0 Å². The van der Waals surface area contributed by atoms with E-state index in [0.29, 0.717) is 21.9 Å². The second-order valence-electron chi connectivity index (χ2n) is 3.09. The first-order valence-electron chi connectivity index (χ1n) is 4.63. The number of anilines is 1. The minimum atomic E-state index is -0.533. The van der Waals surface area contributed by atoms with Crippen LogP contribution in [0.2, 0.25) is 0 Å². The van der Waals surface area contributed by atoms with Gasteiger partial charge in [-0.05, 0) is 35.0 Å². The minimum absolute atomic E-state index is 0.302. The number of nitrogens with zero attached hydrogens (tertiary/aromatic N) is 3. The van der Waals surface area contributed by atoms with Gasteiger partial charge in [0.2, 0.25) is 0 Å². The Hall–Kier alpha value is -1.96. The molecule has 2 aromatic heterocycles. The van der Waals surface area contributed by atoms with Gasteiger partial charge in [0.05, 0.1) is 6.21 Å². The van der Waals surface area contributed by atoms with Gasteiger partial charge in [-0.3, -0.25) is 5.43 Å². The Balaban J connectivity index is 2.09. The quantitative estimate of drug-likeness (QED) is 0.657. The standard InChI is InChI=1S/C9H8BrN5O2/c1-5-8(12-9(16)15-13-5)14-11-4-6-2-3-7(10)17-6/h2-4H,1H3,(H2,12,14,15,16)/b11-4-. The fourth-order valence-electron chi connectivity index (χ4n) is 1.05. The lowest BCUT2D eigenvalue weighted by molar-refractivity contribution is 0.534. The Labute approximate surface area is 104 Å². The lowest BCUT2D eigenvalue weighted by atomic mass is 10.5. The molecule has 2 aromatic rings. The molecule has 0 aromatic carbocycles. The van der Waals surface area contributed by atoms with Gasteiger partial charge in [0, 0.05) is 0 Å². The first-order valence-corrected chi connectivity index (χ1v) is 5.42. The van der Waals surface area contributed by atoms with Crippen LogP contribution >= 0.6 is 15.9 Å². The van der Waals surface area contributed by atoms with Gasteiger partial charge in [-0.2, -0.15) is 15.2 Å². The van der Waals surface area contributed by atoms with Gasteiger partial charge in [0.1, 0.15) is 11.5 Å². The summed E-state index contributed by atoms with van der Waals surface area (Å²) < 4.78 is 5.82. The van der Waals surface area contributed by atoms with Crippen LogP contribution in [0, 0.1) is 6.92 Å². The number of H-pyrrole nitrogens is 1. The summed E-state index contributed by atoms with van der Waals surface area (Å²) in [6, 6.07) is 3.49. The number of rotatable bonds is 3. The van der Waals surface area contributed by atoms with Crippen molar-refractivity contribution >= 4 is 28.0 Å². The van der Waals surface area contributed by atoms with Crippen molar-refractivity contribution in [2.75, 3.05) is 5.43 Å². The molecule has 8 heteroatoms. The van der Waals surface area contributed by atoms with Crippen LogP contribution in [0.3, 0.4) is 0 Å². The zero-order chi connectivity index (χ0) is 12.3. The highest BCUT2D eigenvalue weighted by Crippen LogP contribution is 2.12. The van der Waals surface area contributed by atoms with Crippen LogP contribution in [0.15, 0.2) is 31.1 Å². The van der Waals surface area contributed by atoms with Crippen LogP contribution in [0.1, 0.15) is 11.5 Å². The lowest BCUT2D eigenvalue weighted by Crippen LogP contribution is -2.15. The second-order valence-corrected chi connectivity index (χ2v) is 3.87. The summed E-state index contributed by atoms with van der Waals surface area (Å²) in [6.07, 6.45) is 1.47. The highest BCUT2D eigenvalue weighted by atomic mass is 79.9. The van der Waals surface area contributed by atoms with Crippen LogP contribution < -0.4 is 11.1 Å². The van der Waals surface area contributed by atoms with E-state index in [2.05, 4.69) is 41.6 Å². The van der Waals surface area contributed by atoms with Crippen molar-refractivity contribution in [3.05, 3.63) is 38.7 Å². The van der Waals surface area contributed by atoms with Gasteiger partial charge >= 0.3 is 5.69 Å². The Bertz CT molecular complexity index is 603. The van der Waals surface area contributed by atoms with Gasteiger partial charge in [0.25, 0.3) is 0 Å². The van der Waals surface area contributed by atoms with Crippen LogP contribution in [0.25, 0.3) is 0 Å². The van der Waals surface area contributed by atoms with Crippen molar-refractivity contribution < 1.29 is 4.42 Å². The van der Waals surface area contributed by atoms with Crippen molar-refractivity contribution in [2.24, 2.45) is 5.10 Å². The molecule has 0 aliphatic heterocycles. The second kappa shape index (κ2) is 4.91. The summed E-state index contributed by atoms with van der Waals surface area (Å²) in [5.74, 6) is 0.871. The average Bonchev–Trinajstić information content (AvgIpc) is 2.69. The van der Waals surface area contributed by atoms with Crippen molar-refractivity contribution in [3.8, 4) is 0 Å². The molecule has 2 heterocycles. The molecule has 0 bridgehead atoms. The molecule has 0 unspecified atom stereocenters. The van der Waals surface area contributed by atoms with E-state index in [9.17, 15) is 4.79 Å². The number of halogens is 1. The number of nitrogens with one attached hydrogen (secondary N) is 2. The number of aromatic nitrogens is 3. The summed E-state index contributed by atoms with van der Waals surface area (Å²) in [5, 5.41) is 9.84. The minimum Gasteiger partial charge on any atom is -0.448 e. The van der Waals surface area contributed by atoms with Crippen molar-refractivity contribution in [1.82, 2.24) is 15.2 Å². The Morgan fingerprint density at radius 2 is 2.41 bits per heavy atom. The Morgan fingerprint density at radius 1 is 1.59 bits per heavy atom. The molecule has 0 saturated carbocycles. The smallest absolute Gasteiger partial charge is 0.363 e. The monoisotopic (exact) mass is 297 g/mol. The summed E-state index contributed by atoms with van der Waals surface area (Å²) in [4.78, 5) is 14.6. The zero-order valence-electron chi connectivity index (χ0n) is 8.77. The number of hydrazone groups is 1. The van der Waals surface area contributed by atoms with E-state index < -0.39 is 5.69 Å². The zero-order valence-corrected chi connectivity index (χ0v) is 10.4. The number of hydrogen-bond donors (Lipinski definition) is 2. The molecule has 7 nitrogen and oxygen atoms in total. The van der Waals surface area contributed by atoms with Crippen LogP contribution in [-0.4, -0.2) is 21.4 Å². The molecule has 0 aliphatic carbocycles. The number of hydrogen-bond acceptors (Lipinski definition) is 6. The Morgan fingerprint density at radius 3 is 3.12 bits per heavy atom. The summed E-state index contributed by atoms with van der Waals surface area (Å²) in [6.45, 7) is 1.70. The predicted molar refractivity (Wildman–Crippen MR) is 65.0 cm³/mol. The fourth-order valence-corrected chi connectivity index (χ4v) is 1.37. The van der Waals surface area contributed by atoms with Crippen molar-refractivity contribution in [3.63, 3.8) is 0 Å². The fraction of sp³-hybridized carbons (Fsp3) is 0.111. The molecule has 88 valence electrons. The molecule has 0 radical (unpaired) electrons. The van der Waals surface area contributed by atoms with Crippen molar-refractivity contribution in [2.45, 2.75) is 6.92 Å². The van der Waals surface area contributed by atoms with Crippen molar-refractivity contribution in [1.29, 1.82) is 0 Å². The molecular weight excluding hydrogens is 290 g/mol. The molecule has 0 fully saturated rings. The third kappa shape index (κ3) is 3.00. The predicted octanol–water partition coefficient (Wildman–Crippen LogP) is 1.27. The van der Waals surface area contributed by atoms with Gasteiger partial charge in [-0.1, -0.05) is 0 Å². The maximum Gasteiger partial charge on any atom is 0.363 e. The van der Waals surface area contributed by atoms with E-state index in [1.807, 2.05) is 0 Å². The SMILES string of the molecule is Cc1n[nH]c(=O)nc1N/N=C\c1ccc(Br)o1.